The summed E-state index contributed by atoms with van der Waals surface area (Å²) in [5.41, 5.74) is 7.22. The van der Waals surface area contributed by atoms with E-state index < -0.39 is 16.0 Å². The molecule has 0 heterocycles. The first kappa shape index (κ1) is 16.9. The van der Waals surface area contributed by atoms with Gasteiger partial charge in [-0.2, -0.15) is 0 Å². The molecule has 5 heteroatoms. The summed E-state index contributed by atoms with van der Waals surface area (Å²) < 4.78 is 12.0. The van der Waals surface area contributed by atoms with Crippen LogP contribution in [0.4, 0.5) is 5.69 Å². The lowest BCUT2D eigenvalue weighted by molar-refractivity contribution is -0.115. The molecule has 0 aliphatic rings. The third-order valence-corrected chi connectivity index (χ3v) is 4.73. The van der Waals surface area contributed by atoms with E-state index in [1.165, 1.54) is 0 Å². The van der Waals surface area contributed by atoms with Crippen LogP contribution >= 0.6 is 0 Å². The Hall–Kier alpha value is -1.20. The second kappa shape index (κ2) is 8.17. The summed E-state index contributed by atoms with van der Waals surface area (Å²) in [5, 5.41) is 2.29. The van der Waals surface area contributed by atoms with Gasteiger partial charge >= 0.3 is 0 Å². The van der Waals surface area contributed by atoms with Crippen molar-refractivity contribution in [3.8, 4) is 0 Å². The van der Waals surface area contributed by atoms with Crippen LogP contribution in [0.1, 0.15) is 32.8 Å². The first-order chi connectivity index (χ1) is 9.43. The summed E-state index contributed by atoms with van der Waals surface area (Å²) in [4.78, 5) is 12.1. The summed E-state index contributed by atoms with van der Waals surface area (Å²) in [5.74, 6) is 0.853. The largest absolute Gasteiger partial charge is 0.326 e. The first-order valence-corrected chi connectivity index (χ1v) is 8.29. The van der Waals surface area contributed by atoms with Gasteiger partial charge in [-0.15, -0.1) is 0 Å². The van der Waals surface area contributed by atoms with E-state index in [1.54, 1.807) is 13.0 Å². The molecule has 20 heavy (non-hydrogen) atoms. The molecule has 2 unspecified atom stereocenters. The molecule has 0 saturated heterocycles. The predicted octanol–water partition coefficient (Wildman–Crippen LogP) is 2.27. The number of amides is 1. The fraction of sp³-hybridized carbons (Fsp3) is 0.533. The average Bonchev–Trinajstić information content (AvgIpc) is 2.43. The van der Waals surface area contributed by atoms with Crippen molar-refractivity contribution < 1.29 is 9.00 Å². The lowest BCUT2D eigenvalue weighted by atomic mass is 10.2. The van der Waals surface area contributed by atoms with Gasteiger partial charge in [0.1, 0.15) is 5.25 Å². The van der Waals surface area contributed by atoms with Crippen molar-refractivity contribution in [2.24, 2.45) is 11.7 Å². The number of benzene rings is 1. The van der Waals surface area contributed by atoms with Crippen molar-refractivity contribution in [2.75, 3.05) is 11.1 Å². The normalized spacial score (nSPS) is 14.1. The third kappa shape index (κ3) is 5.43. The van der Waals surface area contributed by atoms with Crippen molar-refractivity contribution in [2.45, 2.75) is 39.0 Å². The first-order valence-electron chi connectivity index (χ1n) is 6.91. The topological polar surface area (TPSA) is 72.2 Å². The maximum Gasteiger partial charge on any atom is 0.239 e. The van der Waals surface area contributed by atoms with Crippen LogP contribution in [0.25, 0.3) is 0 Å². The standard InChI is InChI=1S/C15H24N2O2S/c1-11(2)7-8-20(19)12(3)15(18)17-14-6-4-5-13(9-14)10-16/h4-6,9,11-12H,7-8,10,16H2,1-3H3,(H,17,18). The molecule has 0 aromatic heterocycles. The zero-order chi connectivity index (χ0) is 15.1. The summed E-state index contributed by atoms with van der Waals surface area (Å²) in [6, 6.07) is 7.39. The minimum absolute atomic E-state index is 0.207. The number of anilines is 1. The average molecular weight is 296 g/mol. The molecular weight excluding hydrogens is 272 g/mol. The molecule has 1 aromatic carbocycles. The minimum atomic E-state index is -1.13. The van der Waals surface area contributed by atoms with Crippen molar-refractivity contribution >= 4 is 22.4 Å². The number of nitrogens with two attached hydrogens (primary N) is 1. The van der Waals surface area contributed by atoms with Gasteiger partial charge in [0.05, 0.1) is 0 Å². The minimum Gasteiger partial charge on any atom is -0.326 e. The van der Waals surface area contributed by atoms with Crippen LogP contribution in [0, 0.1) is 5.92 Å². The fourth-order valence-electron chi connectivity index (χ4n) is 1.67. The van der Waals surface area contributed by atoms with E-state index in [0.717, 1.165) is 12.0 Å². The summed E-state index contributed by atoms with van der Waals surface area (Å²) >= 11 is 0. The lowest BCUT2D eigenvalue weighted by Gasteiger charge is -2.13. The second-order valence-electron chi connectivity index (χ2n) is 5.30. The smallest absolute Gasteiger partial charge is 0.239 e. The van der Waals surface area contributed by atoms with E-state index >= 15 is 0 Å². The molecule has 1 rings (SSSR count). The SMILES string of the molecule is CC(C)CCS(=O)C(C)C(=O)Nc1cccc(CN)c1. The zero-order valence-corrected chi connectivity index (χ0v) is 13.2. The van der Waals surface area contributed by atoms with E-state index in [1.807, 2.05) is 18.2 Å². The summed E-state index contributed by atoms with van der Waals surface area (Å²) in [7, 11) is -1.13. The van der Waals surface area contributed by atoms with Gasteiger partial charge in [-0.3, -0.25) is 9.00 Å². The van der Waals surface area contributed by atoms with Gasteiger partial charge in [0.2, 0.25) is 5.91 Å². The number of carbonyl (C=O) groups is 1. The molecule has 3 N–H and O–H groups in total. The van der Waals surface area contributed by atoms with Gasteiger partial charge in [0, 0.05) is 28.8 Å². The van der Waals surface area contributed by atoms with Crippen molar-refractivity contribution in [3.05, 3.63) is 29.8 Å². The Bertz CT molecular complexity index is 475. The third-order valence-electron chi connectivity index (χ3n) is 3.09. The molecule has 1 aromatic rings. The molecule has 0 fully saturated rings. The highest BCUT2D eigenvalue weighted by atomic mass is 32.2. The van der Waals surface area contributed by atoms with Crippen LogP contribution in [0.5, 0.6) is 0 Å². The highest BCUT2D eigenvalue weighted by Crippen LogP contribution is 2.12. The number of nitrogens with one attached hydrogen (secondary N) is 1. The van der Waals surface area contributed by atoms with E-state index in [2.05, 4.69) is 19.2 Å². The highest BCUT2D eigenvalue weighted by molar-refractivity contribution is 7.86. The maximum absolute atomic E-state index is 12.1. The van der Waals surface area contributed by atoms with Crippen LogP contribution in [0.15, 0.2) is 24.3 Å². The monoisotopic (exact) mass is 296 g/mol. The van der Waals surface area contributed by atoms with Crippen molar-refractivity contribution in [3.63, 3.8) is 0 Å². The van der Waals surface area contributed by atoms with Gasteiger partial charge in [0.15, 0.2) is 0 Å². The Balaban J connectivity index is 2.58. The fourth-order valence-corrected chi connectivity index (χ4v) is 3.02. The predicted molar refractivity (Wildman–Crippen MR) is 84.9 cm³/mol. The van der Waals surface area contributed by atoms with E-state index in [-0.39, 0.29) is 5.91 Å². The van der Waals surface area contributed by atoms with Gasteiger partial charge in [-0.1, -0.05) is 26.0 Å². The quantitative estimate of drug-likeness (QED) is 0.810. The van der Waals surface area contributed by atoms with Crippen LogP contribution in [-0.4, -0.2) is 21.1 Å². The molecule has 0 aliphatic carbocycles. The van der Waals surface area contributed by atoms with Gasteiger partial charge in [0.25, 0.3) is 0 Å². The molecule has 0 radical (unpaired) electrons. The van der Waals surface area contributed by atoms with Crippen LogP contribution in [0.3, 0.4) is 0 Å². The van der Waals surface area contributed by atoms with E-state index in [4.69, 9.17) is 5.73 Å². The number of rotatable bonds is 7. The molecule has 0 aliphatic heterocycles. The Morgan fingerprint density at radius 3 is 2.65 bits per heavy atom. The van der Waals surface area contributed by atoms with Crippen LogP contribution < -0.4 is 11.1 Å². The van der Waals surface area contributed by atoms with Crippen molar-refractivity contribution in [1.82, 2.24) is 0 Å². The molecule has 4 nitrogen and oxygen atoms in total. The van der Waals surface area contributed by atoms with E-state index in [9.17, 15) is 9.00 Å². The second-order valence-corrected chi connectivity index (χ2v) is 7.18. The molecular formula is C15H24N2O2S. The molecule has 112 valence electrons. The molecule has 2 atom stereocenters. The molecule has 1 amide bonds. The van der Waals surface area contributed by atoms with Crippen LogP contribution in [-0.2, 0) is 22.1 Å². The Morgan fingerprint density at radius 1 is 1.35 bits per heavy atom. The Kier molecular flexibility index (Phi) is 6.88. The number of hydrogen-bond acceptors (Lipinski definition) is 3. The maximum atomic E-state index is 12.1. The Labute approximate surface area is 123 Å². The van der Waals surface area contributed by atoms with Crippen molar-refractivity contribution in [1.29, 1.82) is 0 Å². The summed E-state index contributed by atoms with van der Waals surface area (Å²) in [6.07, 6.45) is 0.868. The van der Waals surface area contributed by atoms with Gasteiger partial charge in [-0.25, -0.2) is 0 Å². The van der Waals surface area contributed by atoms with E-state index in [0.29, 0.717) is 23.9 Å². The summed E-state index contributed by atoms with van der Waals surface area (Å²) in [6.45, 7) is 6.30. The van der Waals surface area contributed by atoms with Crippen LogP contribution in [0.2, 0.25) is 0 Å². The highest BCUT2D eigenvalue weighted by Gasteiger charge is 2.20. The Morgan fingerprint density at radius 2 is 2.05 bits per heavy atom. The van der Waals surface area contributed by atoms with Gasteiger partial charge in [-0.05, 0) is 37.0 Å². The molecule has 0 bridgehead atoms. The number of hydrogen-bond donors (Lipinski definition) is 2. The molecule has 0 saturated carbocycles. The lowest BCUT2D eigenvalue weighted by Crippen LogP contribution is -2.30. The van der Waals surface area contributed by atoms with Gasteiger partial charge < -0.3 is 11.1 Å². The zero-order valence-electron chi connectivity index (χ0n) is 12.4. The number of carbonyl (C=O) groups excluding carboxylic acids is 1. The molecule has 0 spiro atoms.